The lowest BCUT2D eigenvalue weighted by atomic mass is 10.1. The van der Waals surface area contributed by atoms with Gasteiger partial charge in [-0.05, 0) is 37.1 Å². The van der Waals surface area contributed by atoms with Crippen molar-refractivity contribution in [1.82, 2.24) is 15.0 Å². The van der Waals surface area contributed by atoms with Crippen LogP contribution < -0.4 is 0 Å². The standard InChI is InChI=1S/C16H17FN4O/c1-2-15-19-16(20-22-15)14-4-3-7-21(14)10-11-5-6-13(17)8-12(11)9-18/h5-6,8,14H,2-4,7,10H2,1H3/t14-/m0/s1. The van der Waals surface area contributed by atoms with E-state index in [4.69, 9.17) is 9.78 Å². The van der Waals surface area contributed by atoms with E-state index in [-0.39, 0.29) is 11.9 Å². The monoisotopic (exact) mass is 300 g/mol. The van der Waals surface area contributed by atoms with Gasteiger partial charge in [0, 0.05) is 13.0 Å². The van der Waals surface area contributed by atoms with E-state index in [1.54, 1.807) is 6.07 Å². The quantitative estimate of drug-likeness (QED) is 0.868. The van der Waals surface area contributed by atoms with E-state index in [0.717, 1.165) is 31.4 Å². The maximum atomic E-state index is 13.2. The number of hydrogen-bond acceptors (Lipinski definition) is 5. The van der Waals surface area contributed by atoms with E-state index in [1.807, 2.05) is 6.92 Å². The van der Waals surface area contributed by atoms with Gasteiger partial charge in [0.15, 0.2) is 5.82 Å². The summed E-state index contributed by atoms with van der Waals surface area (Å²) in [4.78, 5) is 6.64. The molecule has 5 nitrogen and oxygen atoms in total. The summed E-state index contributed by atoms with van der Waals surface area (Å²) in [7, 11) is 0. The molecule has 0 bridgehead atoms. The number of aryl methyl sites for hydroxylation is 1. The molecule has 2 aromatic rings. The van der Waals surface area contributed by atoms with Crippen LogP contribution >= 0.6 is 0 Å². The second kappa shape index (κ2) is 6.24. The normalized spacial score (nSPS) is 18.5. The lowest BCUT2D eigenvalue weighted by Gasteiger charge is -2.22. The molecule has 1 aliphatic rings. The van der Waals surface area contributed by atoms with Crippen molar-refractivity contribution >= 4 is 0 Å². The van der Waals surface area contributed by atoms with Crippen LogP contribution in [0.25, 0.3) is 0 Å². The summed E-state index contributed by atoms with van der Waals surface area (Å²) >= 11 is 0. The van der Waals surface area contributed by atoms with Crippen LogP contribution in [0.2, 0.25) is 0 Å². The summed E-state index contributed by atoms with van der Waals surface area (Å²) < 4.78 is 18.4. The second-order valence-electron chi connectivity index (χ2n) is 5.44. The fraction of sp³-hybridized carbons (Fsp3) is 0.438. The predicted molar refractivity (Wildman–Crippen MR) is 77.2 cm³/mol. The van der Waals surface area contributed by atoms with Crippen LogP contribution in [0.1, 0.15) is 48.6 Å². The van der Waals surface area contributed by atoms with E-state index in [9.17, 15) is 4.39 Å². The zero-order chi connectivity index (χ0) is 15.5. The Balaban J connectivity index is 1.81. The molecule has 0 aliphatic carbocycles. The van der Waals surface area contributed by atoms with Gasteiger partial charge in [-0.3, -0.25) is 4.90 Å². The lowest BCUT2D eigenvalue weighted by Crippen LogP contribution is -2.24. The van der Waals surface area contributed by atoms with E-state index in [2.05, 4.69) is 21.1 Å². The number of nitrogens with zero attached hydrogens (tertiary/aromatic N) is 4. The molecular weight excluding hydrogens is 283 g/mol. The molecule has 0 N–H and O–H groups in total. The van der Waals surface area contributed by atoms with Crippen LogP contribution in [-0.2, 0) is 13.0 Å². The van der Waals surface area contributed by atoms with E-state index >= 15 is 0 Å². The lowest BCUT2D eigenvalue weighted by molar-refractivity contribution is 0.234. The number of rotatable bonds is 4. The number of halogens is 1. The Bertz CT molecular complexity index is 706. The molecule has 6 heteroatoms. The third kappa shape index (κ3) is 2.85. The van der Waals surface area contributed by atoms with Gasteiger partial charge in [-0.25, -0.2) is 4.39 Å². The van der Waals surface area contributed by atoms with Gasteiger partial charge in [-0.15, -0.1) is 0 Å². The number of nitriles is 1. The van der Waals surface area contributed by atoms with E-state index in [1.165, 1.54) is 12.1 Å². The van der Waals surface area contributed by atoms with Gasteiger partial charge in [-0.1, -0.05) is 18.1 Å². The van der Waals surface area contributed by atoms with Gasteiger partial charge in [0.2, 0.25) is 5.89 Å². The molecular formula is C16H17FN4O. The minimum atomic E-state index is -0.385. The highest BCUT2D eigenvalue weighted by Crippen LogP contribution is 2.32. The molecule has 1 fully saturated rings. The van der Waals surface area contributed by atoms with Crippen molar-refractivity contribution in [3.63, 3.8) is 0 Å². The SMILES string of the molecule is CCc1nc([C@@H]2CCCN2Cc2ccc(F)cc2C#N)no1. The Kier molecular flexibility index (Phi) is 4.16. The average Bonchev–Trinajstić information content (AvgIpc) is 3.17. The van der Waals surface area contributed by atoms with E-state index in [0.29, 0.717) is 23.8 Å². The van der Waals surface area contributed by atoms with Crippen molar-refractivity contribution in [3.8, 4) is 6.07 Å². The Hall–Kier alpha value is -2.26. The van der Waals surface area contributed by atoms with Crippen LogP contribution in [0.4, 0.5) is 4.39 Å². The molecule has 1 aliphatic heterocycles. The number of benzene rings is 1. The first kappa shape index (κ1) is 14.7. The molecule has 2 heterocycles. The van der Waals surface area contributed by atoms with Gasteiger partial charge in [0.25, 0.3) is 0 Å². The fourth-order valence-electron chi connectivity index (χ4n) is 2.86. The summed E-state index contributed by atoms with van der Waals surface area (Å²) in [5.41, 5.74) is 1.21. The molecule has 0 amide bonds. The molecule has 1 atom stereocenters. The molecule has 22 heavy (non-hydrogen) atoms. The molecule has 0 saturated carbocycles. The van der Waals surface area contributed by atoms with Gasteiger partial charge < -0.3 is 4.52 Å². The Morgan fingerprint density at radius 1 is 1.50 bits per heavy atom. The van der Waals surface area contributed by atoms with Crippen LogP contribution in [0.15, 0.2) is 22.7 Å². The molecule has 1 aromatic heterocycles. The topological polar surface area (TPSA) is 66.0 Å². The van der Waals surface area contributed by atoms with Crippen molar-refractivity contribution < 1.29 is 8.91 Å². The predicted octanol–water partition coefficient (Wildman–Crippen LogP) is 2.98. The molecule has 1 saturated heterocycles. The summed E-state index contributed by atoms with van der Waals surface area (Å²) in [5.74, 6) is 0.959. The van der Waals surface area contributed by atoms with Crippen LogP contribution in [0.3, 0.4) is 0 Å². The van der Waals surface area contributed by atoms with Gasteiger partial charge in [0.1, 0.15) is 5.82 Å². The van der Waals surface area contributed by atoms with Crippen molar-refractivity contribution in [2.24, 2.45) is 0 Å². The Morgan fingerprint density at radius 2 is 2.36 bits per heavy atom. The zero-order valence-corrected chi connectivity index (χ0v) is 12.4. The summed E-state index contributed by atoms with van der Waals surface area (Å²) in [6, 6.07) is 6.51. The first-order valence-corrected chi connectivity index (χ1v) is 7.46. The Morgan fingerprint density at radius 3 is 3.09 bits per heavy atom. The highest BCUT2D eigenvalue weighted by Gasteiger charge is 2.30. The van der Waals surface area contributed by atoms with Crippen LogP contribution in [-0.4, -0.2) is 21.6 Å². The molecule has 1 aromatic carbocycles. The third-order valence-corrected chi connectivity index (χ3v) is 4.01. The average molecular weight is 300 g/mol. The zero-order valence-electron chi connectivity index (χ0n) is 12.4. The highest BCUT2D eigenvalue weighted by molar-refractivity contribution is 5.38. The first-order valence-electron chi connectivity index (χ1n) is 7.46. The summed E-state index contributed by atoms with van der Waals surface area (Å²) in [6.07, 6.45) is 2.73. The number of hydrogen-bond donors (Lipinski definition) is 0. The highest BCUT2D eigenvalue weighted by atomic mass is 19.1. The van der Waals surface area contributed by atoms with Gasteiger partial charge in [0.05, 0.1) is 17.7 Å². The van der Waals surface area contributed by atoms with Crippen LogP contribution in [0, 0.1) is 17.1 Å². The Labute approximate surface area is 128 Å². The molecule has 114 valence electrons. The number of aromatic nitrogens is 2. The maximum Gasteiger partial charge on any atom is 0.226 e. The maximum absolute atomic E-state index is 13.2. The largest absolute Gasteiger partial charge is 0.339 e. The van der Waals surface area contributed by atoms with Crippen molar-refractivity contribution in [2.45, 2.75) is 38.8 Å². The van der Waals surface area contributed by atoms with Gasteiger partial charge in [-0.2, -0.15) is 10.2 Å². The minimum absolute atomic E-state index is 0.0978. The smallest absolute Gasteiger partial charge is 0.226 e. The summed E-state index contributed by atoms with van der Waals surface area (Å²) in [6.45, 7) is 3.47. The second-order valence-corrected chi connectivity index (χ2v) is 5.44. The van der Waals surface area contributed by atoms with Crippen molar-refractivity contribution in [2.75, 3.05) is 6.54 Å². The molecule has 3 rings (SSSR count). The summed E-state index contributed by atoms with van der Waals surface area (Å²) in [5, 5.41) is 13.2. The molecule has 0 spiro atoms. The molecule has 0 radical (unpaired) electrons. The van der Waals surface area contributed by atoms with Crippen molar-refractivity contribution in [1.29, 1.82) is 5.26 Å². The van der Waals surface area contributed by atoms with E-state index < -0.39 is 0 Å². The van der Waals surface area contributed by atoms with Crippen LogP contribution in [0.5, 0.6) is 0 Å². The third-order valence-electron chi connectivity index (χ3n) is 4.01. The fourth-order valence-corrected chi connectivity index (χ4v) is 2.86. The van der Waals surface area contributed by atoms with Crippen molar-refractivity contribution in [3.05, 3.63) is 46.9 Å². The van der Waals surface area contributed by atoms with Gasteiger partial charge >= 0.3 is 0 Å². The molecule has 0 unspecified atom stereocenters. The minimum Gasteiger partial charge on any atom is -0.339 e. The first-order chi connectivity index (χ1) is 10.7. The number of likely N-dealkylation sites (tertiary alicyclic amines) is 1.